The van der Waals surface area contributed by atoms with Crippen molar-refractivity contribution in [2.45, 2.75) is 33.3 Å². The van der Waals surface area contributed by atoms with Crippen molar-refractivity contribution in [3.8, 4) is 5.75 Å². The van der Waals surface area contributed by atoms with Gasteiger partial charge < -0.3 is 20.1 Å². The molecule has 2 rings (SSSR count). The predicted octanol–water partition coefficient (Wildman–Crippen LogP) is 2.03. The summed E-state index contributed by atoms with van der Waals surface area (Å²) in [6, 6.07) is 4.16. The van der Waals surface area contributed by atoms with E-state index >= 15 is 0 Å². The van der Waals surface area contributed by atoms with Gasteiger partial charge in [-0.1, -0.05) is 11.6 Å². The molecule has 0 bridgehead atoms. The van der Waals surface area contributed by atoms with Gasteiger partial charge in [0.2, 0.25) is 0 Å². The summed E-state index contributed by atoms with van der Waals surface area (Å²) in [5.74, 6) is 0.857. The van der Waals surface area contributed by atoms with Crippen molar-refractivity contribution in [3.63, 3.8) is 0 Å². The highest BCUT2D eigenvalue weighted by Gasteiger charge is 2.18. The highest BCUT2D eigenvalue weighted by molar-refractivity contribution is 5.45. The van der Waals surface area contributed by atoms with Gasteiger partial charge in [-0.05, 0) is 38.8 Å². The predicted molar refractivity (Wildman–Crippen MR) is 86.0 cm³/mol. The van der Waals surface area contributed by atoms with Crippen molar-refractivity contribution < 1.29 is 9.84 Å². The molecule has 2 N–H and O–H groups in total. The summed E-state index contributed by atoms with van der Waals surface area (Å²) in [7, 11) is 0. The van der Waals surface area contributed by atoms with Gasteiger partial charge in [0.1, 0.15) is 5.75 Å². The van der Waals surface area contributed by atoms with Crippen molar-refractivity contribution >= 4 is 0 Å². The van der Waals surface area contributed by atoms with E-state index in [0.717, 1.165) is 56.0 Å². The molecule has 4 heteroatoms. The Morgan fingerprint density at radius 3 is 2.67 bits per heavy atom. The van der Waals surface area contributed by atoms with Crippen molar-refractivity contribution in [1.29, 1.82) is 0 Å². The second kappa shape index (κ2) is 7.78. The summed E-state index contributed by atoms with van der Waals surface area (Å²) < 4.78 is 5.75. The van der Waals surface area contributed by atoms with Crippen LogP contribution in [0.3, 0.4) is 0 Å². The molecule has 1 atom stereocenters. The first-order chi connectivity index (χ1) is 10.1. The molecule has 0 spiro atoms. The molecular formula is C17H28N2O2. The van der Waals surface area contributed by atoms with E-state index in [-0.39, 0.29) is 0 Å². The van der Waals surface area contributed by atoms with Gasteiger partial charge in [-0.15, -0.1) is 0 Å². The quantitative estimate of drug-likeness (QED) is 0.842. The number of ether oxygens (including phenoxy) is 1. The van der Waals surface area contributed by atoms with Crippen LogP contribution in [0.15, 0.2) is 12.1 Å². The zero-order chi connectivity index (χ0) is 15.2. The number of nitrogens with one attached hydrogen (secondary N) is 1. The topological polar surface area (TPSA) is 44.7 Å². The lowest BCUT2D eigenvalue weighted by molar-refractivity contribution is 0.133. The second-order valence-corrected chi connectivity index (χ2v) is 5.83. The van der Waals surface area contributed by atoms with Crippen LogP contribution >= 0.6 is 0 Å². The molecule has 0 aliphatic carbocycles. The minimum atomic E-state index is -0.458. The lowest BCUT2D eigenvalue weighted by Crippen LogP contribution is -2.44. The SMILES string of the molecule is CCOc1c(C)cc(C)cc1C(O)CCN1CCNCC1. The van der Waals surface area contributed by atoms with E-state index in [0.29, 0.717) is 6.61 Å². The molecule has 1 saturated heterocycles. The summed E-state index contributed by atoms with van der Waals surface area (Å²) in [6.45, 7) is 11.9. The Bertz CT molecular complexity index is 456. The molecule has 0 radical (unpaired) electrons. The van der Waals surface area contributed by atoms with Crippen LogP contribution < -0.4 is 10.1 Å². The third-order valence-corrected chi connectivity index (χ3v) is 4.02. The fraction of sp³-hybridized carbons (Fsp3) is 0.647. The number of nitrogens with zero attached hydrogens (tertiary/aromatic N) is 1. The van der Waals surface area contributed by atoms with Gasteiger partial charge in [0.15, 0.2) is 0 Å². The highest BCUT2D eigenvalue weighted by atomic mass is 16.5. The normalized spacial score (nSPS) is 17.7. The zero-order valence-electron chi connectivity index (χ0n) is 13.5. The number of benzene rings is 1. The van der Waals surface area contributed by atoms with E-state index in [2.05, 4.69) is 29.3 Å². The van der Waals surface area contributed by atoms with Gasteiger partial charge in [0.05, 0.1) is 12.7 Å². The van der Waals surface area contributed by atoms with Gasteiger partial charge in [-0.2, -0.15) is 0 Å². The van der Waals surface area contributed by atoms with Crippen LogP contribution in [0, 0.1) is 13.8 Å². The molecule has 118 valence electrons. The highest BCUT2D eigenvalue weighted by Crippen LogP contribution is 2.32. The molecule has 1 heterocycles. The van der Waals surface area contributed by atoms with E-state index < -0.39 is 6.10 Å². The number of aliphatic hydroxyl groups excluding tert-OH is 1. The number of aryl methyl sites for hydroxylation is 2. The van der Waals surface area contributed by atoms with Gasteiger partial charge in [-0.25, -0.2) is 0 Å². The van der Waals surface area contributed by atoms with Crippen LogP contribution in [-0.4, -0.2) is 49.3 Å². The number of piperazine rings is 1. The monoisotopic (exact) mass is 292 g/mol. The Morgan fingerprint density at radius 2 is 2.00 bits per heavy atom. The Morgan fingerprint density at radius 1 is 1.29 bits per heavy atom. The molecule has 1 unspecified atom stereocenters. The molecule has 21 heavy (non-hydrogen) atoms. The lowest BCUT2D eigenvalue weighted by Gasteiger charge is -2.28. The Kier molecular flexibility index (Phi) is 6.03. The maximum Gasteiger partial charge on any atom is 0.127 e. The lowest BCUT2D eigenvalue weighted by atomic mass is 9.99. The molecule has 1 fully saturated rings. The fourth-order valence-corrected chi connectivity index (χ4v) is 2.97. The van der Waals surface area contributed by atoms with Crippen LogP contribution in [0.4, 0.5) is 0 Å². The van der Waals surface area contributed by atoms with Crippen molar-refractivity contribution in [2.75, 3.05) is 39.3 Å². The van der Waals surface area contributed by atoms with E-state index in [4.69, 9.17) is 4.74 Å². The summed E-state index contributed by atoms with van der Waals surface area (Å²) in [5.41, 5.74) is 3.21. The van der Waals surface area contributed by atoms with E-state index in [1.807, 2.05) is 13.8 Å². The van der Waals surface area contributed by atoms with Gasteiger partial charge in [0.25, 0.3) is 0 Å². The summed E-state index contributed by atoms with van der Waals surface area (Å²) >= 11 is 0. The van der Waals surface area contributed by atoms with E-state index in [9.17, 15) is 5.11 Å². The van der Waals surface area contributed by atoms with Crippen LogP contribution in [0.1, 0.15) is 36.1 Å². The molecule has 1 aromatic rings. The first kappa shape index (κ1) is 16.3. The molecule has 1 aromatic carbocycles. The summed E-state index contributed by atoms with van der Waals surface area (Å²) in [4.78, 5) is 2.41. The number of hydrogen-bond donors (Lipinski definition) is 2. The van der Waals surface area contributed by atoms with Gasteiger partial charge >= 0.3 is 0 Å². The summed E-state index contributed by atoms with van der Waals surface area (Å²) in [5, 5.41) is 13.9. The summed E-state index contributed by atoms with van der Waals surface area (Å²) in [6.07, 6.45) is 0.295. The third-order valence-electron chi connectivity index (χ3n) is 4.02. The molecule has 0 amide bonds. The third kappa shape index (κ3) is 4.43. The Hall–Kier alpha value is -1.10. The first-order valence-electron chi connectivity index (χ1n) is 7.97. The number of aliphatic hydroxyl groups is 1. The zero-order valence-corrected chi connectivity index (χ0v) is 13.5. The molecular weight excluding hydrogens is 264 g/mol. The van der Waals surface area contributed by atoms with Crippen molar-refractivity contribution in [3.05, 3.63) is 28.8 Å². The molecule has 4 nitrogen and oxygen atoms in total. The Labute approximate surface area is 128 Å². The molecule has 0 saturated carbocycles. The fourth-order valence-electron chi connectivity index (χ4n) is 2.97. The van der Waals surface area contributed by atoms with Gasteiger partial charge in [-0.3, -0.25) is 0 Å². The minimum Gasteiger partial charge on any atom is -0.493 e. The van der Waals surface area contributed by atoms with Crippen LogP contribution in [0.2, 0.25) is 0 Å². The molecule has 0 aromatic heterocycles. The number of rotatable bonds is 6. The van der Waals surface area contributed by atoms with Crippen molar-refractivity contribution in [2.24, 2.45) is 0 Å². The Balaban J connectivity index is 2.04. The maximum atomic E-state index is 10.6. The number of hydrogen-bond acceptors (Lipinski definition) is 4. The van der Waals surface area contributed by atoms with E-state index in [1.54, 1.807) is 0 Å². The van der Waals surface area contributed by atoms with Crippen LogP contribution in [0.25, 0.3) is 0 Å². The van der Waals surface area contributed by atoms with Gasteiger partial charge in [0, 0.05) is 38.3 Å². The average molecular weight is 292 g/mol. The van der Waals surface area contributed by atoms with Crippen LogP contribution in [0.5, 0.6) is 5.75 Å². The maximum absolute atomic E-state index is 10.6. The molecule has 1 aliphatic heterocycles. The molecule has 1 aliphatic rings. The largest absolute Gasteiger partial charge is 0.493 e. The second-order valence-electron chi connectivity index (χ2n) is 5.83. The minimum absolute atomic E-state index is 0.458. The standard InChI is InChI=1S/C17H28N2O2/c1-4-21-17-14(3)11-13(2)12-15(17)16(20)5-8-19-9-6-18-7-10-19/h11-12,16,18,20H,4-10H2,1-3H3. The van der Waals surface area contributed by atoms with Crippen LogP contribution in [-0.2, 0) is 0 Å². The average Bonchev–Trinajstić information content (AvgIpc) is 2.48. The first-order valence-corrected chi connectivity index (χ1v) is 7.97. The van der Waals surface area contributed by atoms with E-state index in [1.165, 1.54) is 5.56 Å². The smallest absolute Gasteiger partial charge is 0.127 e. The van der Waals surface area contributed by atoms with Crippen molar-refractivity contribution in [1.82, 2.24) is 10.2 Å².